The van der Waals surface area contributed by atoms with Crippen molar-refractivity contribution in [2.45, 2.75) is 5.41 Å². The first-order chi connectivity index (χ1) is 26.8. The molecule has 2 aliphatic rings. The summed E-state index contributed by atoms with van der Waals surface area (Å²) >= 11 is 1.86. The van der Waals surface area contributed by atoms with Crippen molar-refractivity contribution >= 4 is 42.4 Å². The Morgan fingerprint density at radius 2 is 0.870 bits per heavy atom. The fourth-order valence-corrected chi connectivity index (χ4v) is 10.8. The van der Waals surface area contributed by atoms with E-state index in [2.05, 4.69) is 182 Å². The van der Waals surface area contributed by atoms with E-state index >= 15 is 0 Å². The highest BCUT2D eigenvalue weighted by molar-refractivity contribution is 7.26. The van der Waals surface area contributed by atoms with Gasteiger partial charge >= 0.3 is 0 Å². The van der Waals surface area contributed by atoms with Gasteiger partial charge in [0.2, 0.25) is 0 Å². The number of nitrogens with zero attached hydrogens (tertiary/aromatic N) is 2. The Balaban J connectivity index is 1.13. The smallest absolute Gasteiger partial charge is 0.161 e. The fourth-order valence-electron chi connectivity index (χ4n) is 9.62. The van der Waals surface area contributed by atoms with Gasteiger partial charge in [-0.25, -0.2) is 9.97 Å². The third-order valence-corrected chi connectivity index (χ3v) is 13.0. The van der Waals surface area contributed by atoms with Crippen LogP contribution in [0.2, 0.25) is 0 Å². The summed E-state index contributed by atoms with van der Waals surface area (Å²) in [5.41, 5.74) is 16.3. The van der Waals surface area contributed by atoms with Crippen LogP contribution >= 0.6 is 11.3 Å². The van der Waals surface area contributed by atoms with Crippen LogP contribution in [0.15, 0.2) is 182 Å². The molecule has 12 rings (SSSR count). The monoisotopic (exact) mass is 702 g/mol. The Kier molecular flexibility index (Phi) is 6.17. The molecule has 250 valence electrons. The van der Waals surface area contributed by atoms with E-state index in [1.54, 1.807) is 0 Å². The molecule has 0 atom stereocenters. The molecule has 0 radical (unpaired) electrons. The molecule has 54 heavy (non-hydrogen) atoms. The summed E-state index contributed by atoms with van der Waals surface area (Å²) < 4.78 is 2.60. The van der Waals surface area contributed by atoms with E-state index in [0.717, 1.165) is 33.5 Å². The molecule has 10 aromatic rings. The van der Waals surface area contributed by atoms with Crippen molar-refractivity contribution in [2.75, 3.05) is 0 Å². The lowest BCUT2D eigenvalue weighted by Crippen LogP contribution is -2.25. The molecule has 0 unspecified atom stereocenters. The highest BCUT2D eigenvalue weighted by atomic mass is 32.1. The summed E-state index contributed by atoms with van der Waals surface area (Å²) in [4.78, 5) is 11.0. The van der Waals surface area contributed by atoms with Gasteiger partial charge in [0.25, 0.3) is 0 Å². The zero-order chi connectivity index (χ0) is 35.4. The summed E-state index contributed by atoms with van der Waals surface area (Å²) in [5.74, 6) is 0.738. The van der Waals surface area contributed by atoms with E-state index < -0.39 is 5.41 Å². The van der Waals surface area contributed by atoms with Crippen LogP contribution < -0.4 is 0 Å². The second-order valence-corrected chi connectivity index (χ2v) is 15.4. The van der Waals surface area contributed by atoms with Crippen LogP contribution in [0.4, 0.5) is 0 Å². The van der Waals surface area contributed by atoms with Crippen molar-refractivity contribution < 1.29 is 0 Å². The van der Waals surface area contributed by atoms with Crippen LogP contribution in [0.1, 0.15) is 22.3 Å². The normalized spacial score (nSPS) is 13.3. The lowest BCUT2D eigenvalue weighted by molar-refractivity contribution is 0.794. The average Bonchev–Trinajstić information content (AvgIpc) is 3.88. The molecule has 0 saturated carbocycles. The van der Waals surface area contributed by atoms with Crippen LogP contribution in [0.25, 0.3) is 87.1 Å². The van der Waals surface area contributed by atoms with E-state index in [4.69, 9.17) is 9.97 Å². The fraction of sp³-hybridized carbons (Fsp3) is 0.0196. The quantitative estimate of drug-likeness (QED) is 0.183. The first-order valence-corrected chi connectivity index (χ1v) is 19.3. The Bertz CT molecular complexity index is 3140. The Labute approximate surface area is 316 Å². The summed E-state index contributed by atoms with van der Waals surface area (Å²) in [5, 5.41) is 3.63. The topological polar surface area (TPSA) is 25.8 Å². The largest absolute Gasteiger partial charge is 0.228 e. The molecular formula is C51H30N2S. The zero-order valence-electron chi connectivity index (χ0n) is 29.1. The van der Waals surface area contributed by atoms with Crippen LogP contribution in [-0.4, -0.2) is 9.97 Å². The van der Waals surface area contributed by atoms with Gasteiger partial charge in [0.05, 0.1) is 16.6 Å². The summed E-state index contributed by atoms with van der Waals surface area (Å²) in [6.45, 7) is 0. The number of thiophene rings is 1. The van der Waals surface area contributed by atoms with E-state index in [1.165, 1.54) is 75.8 Å². The van der Waals surface area contributed by atoms with Gasteiger partial charge in [-0.05, 0) is 62.2 Å². The molecule has 0 aliphatic heterocycles. The van der Waals surface area contributed by atoms with Crippen molar-refractivity contribution in [3.63, 3.8) is 0 Å². The second-order valence-electron chi connectivity index (χ2n) is 14.4. The molecule has 2 aliphatic carbocycles. The minimum absolute atomic E-state index is 0.426. The first kappa shape index (κ1) is 29.9. The van der Waals surface area contributed by atoms with Gasteiger partial charge in [0.15, 0.2) is 5.82 Å². The minimum atomic E-state index is -0.426. The maximum atomic E-state index is 5.60. The summed E-state index contributed by atoms with van der Waals surface area (Å²) in [6, 6.07) is 66.3. The molecule has 2 heterocycles. The lowest BCUT2D eigenvalue weighted by Gasteiger charge is -2.30. The standard InChI is InChI=1S/C51H30N2S/c1-2-19-35(31(15-1)36-22-13-23-37-34-18-7-12-30-46(34)54-49(36)37)48-39-21-6-11-29-45(39)52-50(53-48)40-24-14-28-44-47(40)38-20-5-10-27-43(38)51(44)41-25-8-3-16-32(41)33-17-4-9-26-42(33)51/h1-30H. The third kappa shape index (κ3) is 3.89. The van der Waals surface area contributed by atoms with Crippen LogP contribution in [0, 0.1) is 0 Å². The number of fused-ring (bicyclic) bond motifs is 14. The molecular weight excluding hydrogens is 673 g/mol. The maximum absolute atomic E-state index is 5.60. The highest BCUT2D eigenvalue weighted by Gasteiger charge is 2.52. The van der Waals surface area contributed by atoms with Gasteiger partial charge < -0.3 is 0 Å². The predicted octanol–water partition coefficient (Wildman–Crippen LogP) is 13.3. The first-order valence-electron chi connectivity index (χ1n) is 18.5. The zero-order valence-corrected chi connectivity index (χ0v) is 29.9. The average molecular weight is 703 g/mol. The molecule has 8 aromatic carbocycles. The van der Waals surface area contributed by atoms with Crippen LogP contribution in [0.3, 0.4) is 0 Å². The maximum Gasteiger partial charge on any atom is 0.161 e. The van der Waals surface area contributed by atoms with Crippen molar-refractivity contribution in [3.05, 3.63) is 204 Å². The number of rotatable bonds is 3. The van der Waals surface area contributed by atoms with E-state index in [0.29, 0.717) is 0 Å². The number of para-hydroxylation sites is 1. The Morgan fingerprint density at radius 1 is 0.352 bits per heavy atom. The lowest BCUT2D eigenvalue weighted by atomic mass is 9.70. The number of aromatic nitrogens is 2. The number of hydrogen-bond donors (Lipinski definition) is 0. The molecule has 3 heteroatoms. The molecule has 0 bridgehead atoms. The number of hydrogen-bond acceptors (Lipinski definition) is 3. The molecule has 0 fully saturated rings. The summed E-state index contributed by atoms with van der Waals surface area (Å²) in [7, 11) is 0. The van der Waals surface area contributed by atoms with Gasteiger partial charge in [-0.15, -0.1) is 11.3 Å². The van der Waals surface area contributed by atoms with E-state index in [-0.39, 0.29) is 0 Å². The summed E-state index contributed by atoms with van der Waals surface area (Å²) in [6.07, 6.45) is 0. The molecule has 2 aromatic heterocycles. The van der Waals surface area contributed by atoms with Crippen molar-refractivity contribution in [1.82, 2.24) is 9.97 Å². The molecule has 2 nitrogen and oxygen atoms in total. The Morgan fingerprint density at radius 3 is 1.65 bits per heavy atom. The van der Waals surface area contributed by atoms with Gasteiger partial charge in [-0.1, -0.05) is 170 Å². The van der Waals surface area contributed by atoms with Crippen LogP contribution in [0.5, 0.6) is 0 Å². The molecule has 0 saturated heterocycles. The van der Waals surface area contributed by atoms with Crippen LogP contribution in [-0.2, 0) is 5.41 Å². The minimum Gasteiger partial charge on any atom is -0.228 e. The van der Waals surface area contributed by atoms with Gasteiger partial charge in [0.1, 0.15) is 0 Å². The van der Waals surface area contributed by atoms with Crippen molar-refractivity contribution in [3.8, 4) is 56.0 Å². The van der Waals surface area contributed by atoms with E-state index in [9.17, 15) is 0 Å². The van der Waals surface area contributed by atoms with Crippen molar-refractivity contribution in [1.29, 1.82) is 0 Å². The van der Waals surface area contributed by atoms with Crippen molar-refractivity contribution in [2.24, 2.45) is 0 Å². The molecule has 1 spiro atoms. The van der Waals surface area contributed by atoms with E-state index in [1.807, 2.05) is 11.3 Å². The molecule has 0 amide bonds. The number of benzene rings is 8. The van der Waals surface area contributed by atoms with Gasteiger partial charge in [-0.2, -0.15) is 0 Å². The van der Waals surface area contributed by atoms with Gasteiger partial charge in [0, 0.05) is 42.2 Å². The third-order valence-electron chi connectivity index (χ3n) is 11.7. The SMILES string of the molecule is c1ccc(-c2cccc3c2sc2ccccc23)c(-c2nc(-c3cccc4c3-c3ccccc3C43c4ccccc4-c4ccccc43)nc3ccccc23)c1. The highest BCUT2D eigenvalue weighted by Crippen LogP contribution is 2.63. The molecule has 0 N–H and O–H groups in total. The predicted molar refractivity (Wildman–Crippen MR) is 225 cm³/mol. The Hall–Kier alpha value is -6.68. The second kappa shape index (κ2) is 11.2. The van der Waals surface area contributed by atoms with Gasteiger partial charge in [-0.3, -0.25) is 0 Å².